The third kappa shape index (κ3) is 10.3. The SMILES string of the molecule is CC(C)CCCCC(=O)NC(C)(O)C(=O)NCCC(C)C. The number of unbranched alkanes of at least 4 members (excludes halogenated alkanes) is 1. The molecule has 5 heteroatoms. The van der Waals surface area contributed by atoms with Gasteiger partial charge in [0.25, 0.3) is 5.91 Å². The van der Waals surface area contributed by atoms with Crippen LogP contribution in [0.25, 0.3) is 0 Å². The zero-order valence-electron chi connectivity index (χ0n) is 14.2. The van der Waals surface area contributed by atoms with Crippen LogP contribution in [0.2, 0.25) is 0 Å². The van der Waals surface area contributed by atoms with Crippen molar-refractivity contribution in [2.75, 3.05) is 6.54 Å². The van der Waals surface area contributed by atoms with Crippen molar-refractivity contribution in [2.24, 2.45) is 11.8 Å². The number of hydrogen-bond donors (Lipinski definition) is 3. The smallest absolute Gasteiger partial charge is 0.272 e. The summed E-state index contributed by atoms with van der Waals surface area (Å²) in [5, 5.41) is 15.0. The number of nitrogens with one attached hydrogen (secondary N) is 2. The van der Waals surface area contributed by atoms with Crippen LogP contribution in [0, 0.1) is 11.8 Å². The van der Waals surface area contributed by atoms with Gasteiger partial charge < -0.3 is 15.7 Å². The molecule has 124 valence electrons. The van der Waals surface area contributed by atoms with Gasteiger partial charge in [0, 0.05) is 13.0 Å². The van der Waals surface area contributed by atoms with Gasteiger partial charge in [0.2, 0.25) is 11.6 Å². The quantitative estimate of drug-likeness (QED) is 0.427. The lowest BCUT2D eigenvalue weighted by atomic mass is 10.1. The molecule has 0 aliphatic heterocycles. The Labute approximate surface area is 128 Å². The molecule has 0 saturated heterocycles. The summed E-state index contributed by atoms with van der Waals surface area (Å²) in [6, 6.07) is 0. The highest BCUT2D eigenvalue weighted by molar-refractivity contribution is 5.89. The molecule has 5 nitrogen and oxygen atoms in total. The van der Waals surface area contributed by atoms with Crippen LogP contribution in [-0.4, -0.2) is 29.2 Å². The van der Waals surface area contributed by atoms with Crippen LogP contribution >= 0.6 is 0 Å². The Kier molecular flexibility index (Phi) is 9.26. The minimum absolute atomic E-state index is 0.289. The van der Waals surface area contributed by atoms with E-state index < -0.39 is 11.6 Å². The molecule has 0 saturated carbocycles. The van der Waals surface area contributed by atoms with Gasteiger partial charge in [0.05, 0.1) is 0 Å². The summed E-state index contributed by atoms with van der Waals surface area (Å²) >= 11 is 0. The number of amides is 2. The highest BCUT2D eigenvalue weighted by Crippen LogP contribution is 2.09. The summed E-state index contributed by atoms with van der Waals surface area (Å²) < 4.78 is 0. The summed E-state index contributed by atoms with van der Waals surface area (Å²) in [7, 11) is 0. The number of rotatable bonds is 10. The van der Waals surface area contributed by atoms with Crippen LogP contribution < -0.4 is 10.6 Å². The normalized spacial score (nSPS) is 14.1. The van der Waals surface area contributed by atoms with Gasteiger partial charge in [0.1, 0.15) is 0 Å². The summed E-state index contributed by atoms with van der Waals surface area (Å²) in [5.74, 6) is 0.259. The largest absolute Gasteiger partial charge is 0.363 e. The molecule has 0 rings (SSSR count). The second kappa shape index (κ2) is 9.77. The first-order valence-corrected chi connectivity index (χ1v) is 7.96. The summed E-state index contributed by atoms with van der Waals surface area (Å²) in [6.45, 7) is 10.2. The molecule has 3 N–H and O–H groups in total. The molecule has 0 spiro atoms. The maximum Gasteiger partial charge on any atom is 0.272 e. The van der Waals surface area contributed by atoms with E-state index in [0.29, 0.717) is 24.8 Å². The molecule has 2 amide bonds. The molecule has 1 unspecified atom stereocenters. The maximum absolute atomic E-state index is 11.8. The van der Waals surface area contributed by atoms with Crippen LogP contribution in [0.15, 0.2) is 0 Å². The number of hydrogen-bond acceptors (Lipinski definition) is 3. The molecule has 1 atom stereocenters. The predicted octanol–water partition coefficient (Wildman–Crippen LogP) is 2.19. The van der Waals surface area contributed by atoms with Gasteiger partial charge in [-0.3, -0.25) is 9.59 Å². The second-order valence-electron chi connectivity index (χ2n) is 6.70. The third-order valence-electron chi connectivity index (χ3n) is 3.27. The first kappa shape index (κ1) is 19.9. The lowest BCUT2D eigenvalue weighted by molar-refractivity contribution is -0.147. The fourth-order valence-electron chi connectivity index (χ4n) is 1.88. The lowest BCUT2D eigenvalue weighted by Gasteiger charge is -2.24. The summed E-state index contributed by atoms with van der Waals surface area (Å²) in [5.41, 5.74) is -1.84. The first-order chi connectivity index (χ1) is 9.65. The third-order valence-corrected chi connectivity index (χ3v) is 3.27. The van der Waals surface area contributed by atoms with Crippen LogP contribution in [0.4, 0.5) is 0 Å². The molecule has 21 heavy (non-hydrogen) atoms. The van der Waals surface area contributed by atoms with E-state index in [1.54, 1.807) is 0 Å². The number of aliphatic hydroxyl groups is 1. The van der Waals surface area contributed by atoms with Crippen molar-refractivity contribution >= 4 is 11.8 Å². The summed E-state index contributed by atoms with van der Waals surface area (Å²) in [6.07, 6.45) is 4.01. The Morgan fingerprint density at radius 2 is 1.62 bits per heavy atom. The first-order valence-electron chi connectivity index (χ1n) is 7.96. The highest BCUT2D eigenvalue weighted by Gasteiger charge is 2.31. The van der Waals surface area contributed by atoms with E-state index in [2.05, 4.69) is 38.3 Å². The molecule has 0 aromatic rings. The van der Waals surface area contributed by atoms with Crippen molar-refractivity contribution in [2.45, 2.75) is 72.4 Å². The van der Waals surface area contributed by atoms with Crippen molar-refractivity contribution < 1.29 is 14.7 Å². The average Bonchev–Trinajstić information content (AvgIpc) is 2.33. The van der Waals surface area contributed by atoms with E-state index in [9.17, 15) is 14.7 Å². The van der Waals surface area contributed by atoms with Crippen molar-refractivity contribution in [1.29, 1.82) is 0 Å². The van der Waals surface area contributed by atoms with Gasteiger partial charge in [-0.2, -0.15) is 0 Å². The van der Waals surface area contributed by atoms with E-state index in [-0.39, 0.29) is 5.91 Å². The standard InChI is InChI=1S/C16H32N2O3/c1-12(2)8-6-7-9-14(19)18-16(5,21)15(20)17-11-10-13(3)4/h12-13,21H,6-11H2,1-5H3,(H,17,20)(H,18,19). The van der Waals surface area contributed by atoms with Crippen LogP contribution in [0.5, 0.6) is 0 Å². The molecule has 0 aromatic carbocycles. The van der Waals surface area contributed by atoms with Crippen molar-refractivity contribution in [1.82, 2.24) is 10.6 Å². The Balaban J connectivity index is 4.02. The Hall–Kier alpha value is -1.10. The van der Waals surface area contributed by atoms with Crippen LogP contribution in [-0.2, 0) is 9.59 Å². The topological polar surface area (TPSA) is 78.4 Å². The van der Waals surface area contributed by atoms with Gasteiger partial charge in [-0.05, 0) is 31.6 Å². The van der Waals surface area contributed by atoms with Gasteiger partial charge in [-0.1, -0.05) is 40.5 Å². The number of carbonyl (C=O) groups is 2. The van der Waals surface area contributed by atoms with E-state index in [4.69, 9.17) is 0 Å². The molecule has 0 bridgehead atoms. The molecular formula is C16H32N2O3. The van der Waals surface area contributed by atoms with Crippen molar-refractivity contribution in [3.8, 4) is 0 Å². The molecule has 0 aromatic heterocycles. The van der Waals surface area contributed by atoms with E-state index in [0.717, 1.165) is 25.7 Å². The van der Waals surface area contributed by atoms with Gasteiger partial charge in [-0.25, -0.2) is 0 Å². The molecular weight excluding hydrogens is 268 g/mol. The fourth-order valence-corrected chi connectivity index (χ4v) is 1.88. The Bertz CT molecular complexity index is 325. The molecule has 0 fully saturated rings. The summed E-state index contributed by atoms with van der Waals surface area (Å²) in [4.78, 5) is 23.6. The van der Waals surface area contributed by atoms with E-state index in [1.807, 2.05) is 0 Å². The predicted molar refractivity (Wildman–Crippen MR) is 84.5 cm³/mol. The highest BCUT2D eigenvalue weighted by atomic mass is 16.3. The van der Waals surface area contributed by atoms with Crippen LogP contribution in [0.3, 0.4) is 0 Å². The minimum atomic E-state index is -1.84. The Morgan fingerprint density at radius 3 is 2.14 bits per heavy atom. The van der Waals surface area contributed by atoms with E-state index in [1.165, 1.54) is 6.92 Å². The number of carbonyl (C=O) groups excluding carboxylic acids is 2. The van der Waals surface area contributed by atoms with Gasteiger partial charge in [0.15, 0.2) is 0 Å². The second-order valence-corrected chi connectivity index (χ2v) is 6.70. The molecule has 0 heterocycles. The molecule has 0 radical (unpaired) electrons. The van der Waals surface area contributed by atoms with Crippen LogP contribution in [0.1, 0.15) is 66.7 Å². The van der Waals surface area contributed by atoms with Crippen molar-refractivity contribution in [3.63, 3.8) is 0 Å². The van der Waals surface area contributed by atoms with Gasteiger partial charge in [-0.15, -0.1) is 0 Å². The lowest BCUT2D eigenvalue weighted by Crippen LogP contribution is -2.57. The van der Waals surface area contributed by atoms with Gasteiger partial charge >= 0.3 is 0 Å². The Morgan fingerprint density at radius 1 is 1.05 bits per heavy atom. The monoisotopic (exact) mass is 300 g/mol. The maximum atomic E-state index is 11.8. The van der Waals surface area contributed by atoms with Crippen molar-refractivity contribution in [3.05, 3.63) is 0 Å². The average molecular weight is 300 g/mol. The molecule has 0 aliphatic carbocycles. The molecule has 0 aliphatic rings. The zero-order chi connectivity index (χ0) is 16.5. The zero-order valence-corrected chi connectivity index (χ0v) is 14.2. The minimum Gasteiger partial charge on any atom is -0.363 e. The van der Waals surface area contributed by atoms with E-state index >= 15 is 0 Å². The fraction of sp³-hybridized carbons (Fsp3) is 0.875.